The molecule has 0 radical (unpaired) electrons. The average Bonchev–Trinajstić information content (AvgIpc) is 2.17. The Morgan fingerprint density at radius 2 is 1.53 bits per heavy atom. The monoisotopic (exact) mass is 214 g/mol. The maximum Gasteiger partial charge on any atom is 0.104 e. The molecule has 0 aromatic heterocycles. The largest absolute Gasteiger partial charge is 0.364 e. The van der Waals surface area contributed by atoms with E-state index in [0.717, 1.165) is 6.04 Å². The van der Waals surface area contributed by atoms with Gasteiger partial charge in [-0.15, -0.1) is 0 Å². The maximum atomic E-state index is 5.80. The lowest BCUT2D eigenvalue weighted by molar-refractivity contribution is -0.961. The van der Waals surface area contributed by atoms with E-state index in [4.69, 9.17) is 4.74 Å². The van der Waals surface area contributed by atoms with Crippen molar-refractivity contribution in [1.29, 1.82) is 0 Å². The highest BCUT2D eigenvalue weighted by Crippen LogP contribution is 2.02. The van der Waals surface area contributed by atoms with Crippen molar-refractivity contribution in [3.05, 3.63) is 0 Å². The summed E-state index contributed by atoms with van der Waals surface area (Å²) in [6, 6.07) is 0.905. The Hall–Kier alpha value is -0.120. The molecule has 2 aliphatic heterocycles. The van der Waals surface area contributed by atoms with Crippen molar-refractivity contribution < 1.29 is 14.5 Å². The van der Waals surface area contributed by atoms with Crippen LogP contribution >= 0.6 is 0 Å². The molecular formula is C12H26N2O+2. The average molecular weight is 214 g/mol. The summed E-state index contributed by atoms with van der Waals surface area (Å²) in [6.45, 7) is 9.59. The molecule has 0 aliphatic carbocycles. The molecule has 2 rings (SSSR count). The van der Waals surface area contributed by atoms with Gasteiger partial charge in [-0.25, -0.2) is 0 Å². The molecule has 2 saturated heterocycles. The van der Waals surface area contributed by atoms with Gasteiger partial charge in [0.15, 0.2) is 0 Å². The summed E-state index contributed by atoms with van der Waals surface area (Å²) in [5.74, 6) is 0. The maximum absolute atomic E-state index is 5.80. The first-order valence-corrected chi connectivity index (χ1v) is 6.46. The van der Waals surface area contributed by atoms with Crippen LogP contribution in [0.2, 0.25) is 0 Å². The van der Waals surface area contributed by atoms with Crippen molar-refractivity contribution in [2.75, 3.05) is 33.2 Å². The van der Waals surface area contributed by atoms with Gasteiger partial charge in [0.1, 0.15) is 25.3 Å². The Balaban J connectivity index is 1.87. The molecule has 0 bridgehead atoms. The second-order valence-electron chi connectivity index (χ2n) is 5.56. The number of hydrogen-bond acceptors (Lipinski definition) is 1. The molecule has 0 aromatic carbocycles. The van der Waals surface area contributed by atoms with Crippen LogP contribution in [0.5, 0.6) is 0 Å². The van der Waals surface area contributed by atoms with Gasteiger partial charge in [0.05, 0.1) is 26.2 Å². The Morgan fingerprint density at radius 1 is 1.00 bits per heavy atom. The second-order valence-corrected chi connectivity index (χ2v) is 5.56. The third-order valence-corrected chi connectivity index (χ3v) is 3.98. The number of nitrogens with one attached hydrogen (secondary N) is 2. The fourth-order valence-electron chi connectivity index (χ4n) is 3.17. The van der Waals surface area contributed by atoms with Crippen LogP contribution in [-0.4, -0.2) is 51.5 Å². The standard InChI is InChI=1S/C12H24N2O/c1-10-8-14(9-11(2)15-10)12-4-6-13(3)7-5-12/h10-12H,4-9H2,1-3H3/p+2/t10-,11-/m1/s1. The smallest absolute Gasteiger partial charge is 0.104 e. The summed E-state index contributed by atoms with van der Waals surface area (Å²) in [7, 11) is 2.32. The quantitative estimate of drug-likeness (QED) is 0.536. The van der Waals surface area contributed by atoms with Gasteiger partial charge < -0.3 is 14.5 Å². The molecule has 0 aromatic rings. The van der Waals surface area contributed by atoms with Gasteiger partial charge >= 0.3 is 0 Å². The van der Waals surface area contributed by atoms with Crippen LogP contribution in [0.1, 0.15) is 26.7 Å². The van der Waals surface area contributed by atoms with Gasteiger partial charge in [-0.3, -0.25) is 0 Å². The number of hydrogen-bond donors (Lipinski definition) is 2. The Bertz CT molecular complexity index is 192. The summed E-state index contributed by atoms with van der Waals surface area (Å²) >= 11 is 0. The molecule has 0 unspecified atom stereocenters. The van der Waals surface area contributed by atoms with Gasteiger partial charge in [0.2, 0.25) is 0 Å². The van der Waals surface area contributed by atoms with Crippen molar-refractivity contribution >= 4 is 0 Å². The SMILES string of the molecule is C[C@@H]1C[NH+](C2CC[NH+](C)CC2)C[C@@H](C)O1. The normalized spacial score (nSPS) is 47.8. The number of likely N-dealkylation sites (tertiary alicyclic amines) is 1. The first kappa shape index (κ1) is 11.4. The molecule has 88 valence electrons. The minimum atomic E-state index is 0.454. The topological polar surface area (TPSA) is 18.1 Å². The number of ether oxygens (including phenoxy) is 1. The molecule has 3 heteroatoms. The molecule has 2 atom stereocenters. The van der Waals surface area contributed by atoms with Gasteiger partial charge in [-0.05, 0) is 13.8 Å². The third-order valence-electron chi connectivity index (χ3n) is 3.98. The molecule has 2 N–H and O–H groups in total. The number of morpholine rings is 1. The molecule has 2 fully saturated rings. The third kappa shape index (κ3) is 2.92. The van der Waals surface area contributed by atoms with Gasteiger partial charge in [0.25, 0.3) is 0 Å². The molecule has 0 spiro atoms. The molecule has 0 amide bonds. The zero-order valence-corrected chi connectivity index (χ0v) is 10.4. The van der Waals surface area contributed by atoms with E-state index in [-0.39, 0.29) is 0 Å². The fraction of sp³-hybridized carbons (Fsp3) is 1.00. The molecule has 2 heterocycles. The first-order chi connectivity index (χ1) is 7.15. The van der Waals surface area contributed by atoms with Crippen molar-refractivity contribution in [3.8, 4) is 0 Å². The van der Waals surface area contributed by atoms with Crippen LogP contribution in [0.25, 0.3) is 0 Å². The van der Waals surface area contributed by atoms with E-state index in [1.165, 1.54) is 39.0 Å². The Kier molecular flexibility index (Phi) is 3.65. The summed E-state index contributed by atoms with van der Waals surface area (Å²) in [4.78, 5) is 3.51. The minimum Gasteiger partial charge on any atom is -0.364 e. The minimum absolute atomic E-state index is 0.454. The summed E-state index contributed by atoms with van der Waals surface area (Å²) in [5, 5.41) is 0. The van der Waals surface area contributed by atoms with E-state index in [9.17, 15) is 0 Å². The molecule has 0 saturated carbocycles. The van der Waals surface area contributed by atoms with Crippen molar-refractivity contribution in [1.82, 2.24) is 0 Å². The van der Waals surface area contributed by atoms with E-state index in [1.807, 2.05) is 0 Å². The summed E-state index contributed by atoms with van der Waals surface area (Å²) in [6.07, 6.45) is 3.72. The van der Waals surface area contributed by atoms with Crippen LogP contribution < -0.4 is 9.80 Å². The van der Waals surface area contributed by atoms with E-state index < -0.39 is 0 Å². The van der Waals surface area contributed by atoms with E-state index in [2.05, 4.69) is 20.9 Å². The molecular weight excluding hydrogens is 188 g/mol. The molecule has 15 heavy (non-hydrogen) atoms. The highest BCUT2D eigenvalue weighted by Gasteiger charge is 2.34. The highest BCUT2D eigenvalue weighted by atomic mass is 16.5. The molecule has 2 aliphatic rings. The van der Waals surface area contributed by atoms with Crippen molar-refractivity contribution in [3.63, 3.8) is 0 Å². The van der Waals surface area contributed by atoms with Gasteiger partial charge in [0, 0.05) is 12.8 Å². The number of piperidine rings is 1. The zero-order valence-electron chi connectivity index (χ0n) is 10.4. The summed E-state index contributed by atoms with van der Waals surface area (Å²) < 4.78 is 5.80. The van der Waals surface area contributed by atoms with Crippen molar-refractivity contribution in [2.24, 2.45) is 0 Å². The lowest BCUT2D eigenvalue weighted by Gasteiger charge is -2.39. The van der Waals surface area contributed by atoms with Gasteiger partial charge in [-0.2, -0.15) is 0 Å². The number of rotatable bonds is 1. The molecule has 3 nitrogen and oxygen atoms in total. The van der Waals surface area contributed by atoms with Crippen LogP contribution in [0.3, 0.4) is 0 Å². The highest BCUT2D eigenvalue weighted by molar-refractivity contribution is 4.65. The van der Waals surface area contributed by atoms with Crippen LogP contribution in [0, 0.1) is 0 Å². The first-order valence-electron chi connectivity index (χ1n) is 6.46. The lowest BCUT2D eigenvalue weighted by Crippen LogP contribution is -3.21. The van der Waals surface area contributed by atoms with Crippen molar-refractivity contribution in [2.45, 2.75) is 44.9 Å². The van der Waals surface area contributed by atoms with Crippen LogP contribution in [0.4, 0.5) is 0 Å². The summed E-state index contributed by atoms with van der Waals surface area (Å²) in [5.41, 5.74) is 0. The van der Waals surface area contributed by atoms with E-state index in [0.29, 0.717) is 12.2 Å². The van der Waals surface area contributed by atoms with E-state index in [1.54, 1.807) is 9.80 Å². The van der Waals surface area contributed by atoms with Crippen LogP contribution in [-0.2, 0) is 4.74 Å². The van der Waals surface area contributed by atoms with Gasteiger partial charge in [-0.1, -0.05) is 0 Å². The Labute approximate surface area is 93.4 Å². The number of quaternary nitrogens is 2. The predicted molar refractivity (Wildman–Crippen MR) is 60.3 cm³/mol. The fourth-order valence-corrected chi connectivity index (χ4v) is 3.17. The Morgan fingerprint density at radius 3 is 2.07 bits per heavy atom. The van der Waals surface area contributed by atoms with Crippen LogP contribution in [0.15, 0.2) is 0 Å². The lowest BCUT2D eigenvalue weighted by atomic mass is 10.0. The zero-order chi connectivity index (χ0) is 10.8. The second kappa shape index (κ2) is 4.81. The van der Waals surface area contributed by atoms with E-state index >= 15 is 0 Å². The predicted octanol–water partition coefficient (Wildman–Crippen LogP) is -1.64.